The van der Waals surface area contributed by atoms with Gasteiger partial charge in [-0.05, 0) is 55.6 Å². The Kier molecular flexibility index (Phi) is 6.49. The zero-order chi connectivity index (χ0) is 26.7. The number of anilines is 1. The number of likely N-dealkylation sites (N-methyl/N-ethyl adjacent to an activating group) is 2. The Labute approximate surface area is 200 Å². The molecule has 0 spiro atoms. The van der Waals surface area contributed by atoms with Crippen molar-refractivity contribution >= 4 is 5.82 Å². The van der Waals surface area contributed by atoms with Crippen molar-refractivity contribution in [3.05, 3.63) is 28.4 Å². The number of alkyl halides is 3. The van der Waals surface area contributed by atoms with Crippen LogP contribution in [0.2, 0.25) is 0 Å². The number of nitrogens with one attached hydrogen (secondary N) is 1. The minimum Gasteiger partial charge on any atom is -0.366 e. The Morgan fingerprint density at radius 1 is 0.943 bits per heavy atom. The predicted molar refractivity (Wildman–Crippen MR) is 121 cm³/mol. The summed E-state index contributed by atoms with van der Waals surface area (Å²) in [6, 6.07) is 0. The number of halogens is 4. The van der Waals surface area contributed by atoms with Crippen LogP contribution in [0.15, 0.2) is 4.52 Å². The third kappa shape index (κ3) is 3.96. The van der Waals surface area contributed by atoms with Crippen LogP contribution in [0, 0.1) is 33.5 Å². The molecule has 0 saturated carbocycles. The SMILES string of the molecule is Cc1nc(-c2[nH]nc(-c3noc(C)c3C)c2C)nc(N(C)C(C)(C)C(O)(N(C)C)C(F)(F)F)c1F. The van der Waals surface area contributed by atoms with E-state index in [1.807, 2.05) is 6.92 Å². The number of aryl methyl sites for hydroxylation is 2. The molecule has 9 nitrogen and oxygen atoms in total. The number of nitrogens with zero attached hydrogens (tertiary/aromatic N) is 6. The lowest BCUT2D eigenvalue weighted by atomic mass is 9.86. The summed E-state index contributed by atoms with van der Waals surface area (Å²) in [6.45, 7) is 9.03. The maximum Gasteiger partial charge on any atom is 0.433 e. The topological polar surface area (TPSA) is 107 Å². The van der Waals surface area contributed by atoms with Crippen molar-refractivity contribution in [3.8, 4) is 22.9 Å². The van der Waals surface area contributed by atoms with Crippen LogP contribution < -0.4 is 4.90 Å². The first-order valence-electron chi connectivity index (χ1n) is 10.7. The highest BCUT2D eigenvalue weighted by Gasteiger charge is 2.66. The molecule has 192 valence electrons. The van der Waals surface area contributed by atoms with Gasteiger partial charge >= 0.3 is 6.18 Å². The molecule has 3 aromatic rings. The van der Waals surface area contributed by atoms with Crippen molar-refractivity contribution < 1.29 is 27.2 Å². The van der Waals surface area contributed by atoms with Crippen molar-refractivity contribution in [2.24, 2.45) is 0 Å². The molecule has 0 bridgehead atoms. The molecule has 3 aromatic heterocycles. The van der Waals surface area contributed by atoms with Gasteiger partial charge in [-0.1, -0.05) is 5.16 Å². The maximum atomic E-state index is 15.2. The molecule has 0 amide bonds. The number of rotatable bonds is 6. The minimum absolute atomic E-state index is 0.0241. The van der Waals surface area contributed by atoms with Crippen molar-refractivity contribution in [2.45, 2.75) is 59.0 Å². The van der Waals surface area contributed by atoms with E-state index in [-0.39, 0.29) is 11.5 Å². The second kappa shape index (κ2) is 8.55. The molecule has 13 heteroatoms. The third-order valence-electron chi connectivity index (χ3n) is 6.67. The quantitative estimate of drug-likeness (QED) is 0.388. The first-order chi connectivity index (χ1) is 16.0. The molecule has 2 N–H and O–H groups in total. The van der Waals surface area contributed by atoms with Crippen molar-refractivity contribution in [3.63, 3.8) is 0 Å². The van der Waals surface area contributed by atoms with Crippen molar-refractivity contribution in [2.75, 3.05) is 26.0 Å². The molecule has 0 aliphatic rings. The van der Waals surface area contributed by atoms with E-state index in [1.54, 1.807) is 13.8 Å². The van der Waals surface area contributed by atoms with Gasteiger partial charge in [-0.15, -0.1) is 0 Å². The van der Waals surface area contributed by atoms with Crippen LogP contribution in [-0.4, -0.2) is 73.9 Å². The fourth-order valence-corrected chi connectivity index (χ4v) is 4.01. The Morgan fingerprint density at radius 3 is 2.03 bits per heavy atom. The van der Waals surface area contributed by atoms with Gasteiger partial charge in [0.05, 0.1) is 11.2 Å². The number of aromatic amines is 1. The van der Waals surface area contributed by atoms with Crippen LogP contribution in [0.4, 0.5) is 23.4 Å². The van der Waals surface area contributed by atoms with E-state index in [0.29, 0.717) is 33.3 Å². The van der Waals surface area contributed by atoms with Crippen LogP contribution in [0.25, 0.3) is 22.9 Å². The molecule has 1 unspecified atom stereocenters. The fourth-order valence-electron chi connectivity index (χ4n) is 4.01. The molecule has 0 radical (unpaired) electrons. The van der Waals surface area contributed by atoms with Gasteiger partial charge in [0.2, 0.25) is 5.72 Å². The lowest BCUT2D eigenvalue weighted by Gasteiger charge is -2.51. The lowest BCUT2D eigenvalue weighted by molar-refractivity contribution is -0.328. The normalized spacial score (nSPS) is 14.5. The van der Waals surface area contributed by atoms with E-state index in [4.69, 9.17) is 4.52 Å². The molecule has 3 rings (SSSR count). The number of hydrogen-bond donors (Lipinski definition) is 2. The van der Waals surface area contributed by atoms with Crippen LogP contribution in [0.1, 0.15) is 36.4 Å². The highest BCUT2D eigenvalue weighted by Crippen LogP contribution is 2.44. The number of H-pyrrole nitrogens is 1. The van der Waals surface area contributed by atoms with E-state index in [9.17, 15) is 18.3 Å². The number of aliphatic hydroxyl groups is 1. The summed E-state index contributed by atoms with van der Waals surface area (Å²) < 4.78 is 62.5. The van der Waals surface area contributed by atoms with E-state index >= 15 is 4.39 Å². The molecule has 0 aliphatic carbocycles. The molecule has 0 aromatic carbocycles. The van der Waals surface area contributed by atoms with Crippen molar-refractivity contribution in [1.82, 2.24) is 30.2 Å². The molecule has 3 heterocycles. The van der Waals surface area contributed by atoms with E-state index in [2.05, 4.69) is 25.3 Å². The van der Waals surface area contributed by atoms with Gasteiger partial charge in [0.1, 0.15) is 22.8 Å². The summed E-state index contributed by atoms with van der Waals surface area (Å²) >= 11 is 0. The minimum atomic E-state index is -5.06. The van der Waals surface area contributed by atoms with E-state index in [0.717, 1.165) is 38.4 Å². The van der Waals surface area contributed by atoms with E-state index in [1.165, 1.54) is 14.0 Å². The average molecular weight is 500 g/mol. The highest BCUT2D eigenvalue weighted by molar-refractivity contribution is 5.71. The fraction of sp³-hybridized carbons (Fsp3) is 0.545. The summed E-state index contributed by atoms with van der Waals surface area (Å²) in [5, 5.41) is 21.9. The zero-order valence-corrected chi connectivity index (χ0v) is 21.1. The Morgan fingerprint density at radius 2 is 1.54 bits per heavy atom. The van der Waals surface area contributed by atoms with Crippen molar-refractivity contribution in [1.29, 1.82) is 0 Å². The van der Waals surface area contributed by atoms with Crippen LogP contribution in [0.5, 0.6) is 0 Å². The summed E-state index contributed by atoms with van der Waals surface area (Å²) in [5.41, 5.74) is -2.77. The molecule has 1 atom stereocenters. The van der Waals surface area contributed by atoms with Gasteiger partial charge in [-0.2, -0.15) is 18.3 Å². The first kappa shape index (κ1) is 26.5. The molecule has 0 aliphatic heterocycles. The van der Waals surface area contributed by atoms with Crippen LogP contribution in [0.3, 0.4) is 0 Å². The largest absolute Gasteiger partial charge is 0.433 e. The molecular formula is C22H29F4N7O2. The summed E-state index contributed by atoms with van der Waals surface area (Å²) in [6.07, 6.45) is -5.06. The maximum absolute atomic E-state index is 15.2. The monoisotopic (exact) mass is 499 g/mol. The second-order valence-corrected chi connectivity index (χ2v) is 9.24. The Hall–Kier alpha value is -3.06. The van der Waals surface area contributed by atoms with Gasteiger partial charge < -0.3 is 14.5 Å². The van der Waals surface area contributed by atoms with E-state index < -0.39 is 29.1 Å². The van der Waals surface area contributed by atoms with Crippen LogP contribution >= 0.6 is 0 Å². The average Bonchev–Trinajstić information content (AvgIpc) is 3.29. The third-order valence-corrected chi connectivity index (χ3v) is 6.67. The van der Waals surface area contributed by atoms with Crippen LogP contribution in [-0.2, 0) is 0 Å². The Balaban J connectivity index is 2.15. The number of hydrogen-bond acceptors (Lipinski definition) is 8. The van der Waals surface area contributed by atoms with Gasteiger partial charge in [0.15, 0.2) is 17.5 Å². The van der Waals surface area contributed by atoms with Gasteiger partial charge in [-0.3, -0.25) is 10.00 Å². The second-order valence-electron chi connectivity index (χ2n) is 9.24. The van der Waals surface area contributed by atoms with Gasteiger partial charge in [0, 0.05) is 18.2 Å². The lowest BCUT2D eigenvalue weighted by Crippen LogP contribution is -2.73. The molecule has 0 fully saturated rings. The molecule has 35 heavy (non-hydrogen) atoms. The Bertz CT molecular complexity index is 1250. The molecule has 0 saturated heterocycles. The number of aromatic nitrogens is 5. The van der Waals surface area contributed by atoms with Gasteiger partial charge in [0.25, 0.3) is 0 Å². The summed E-state index contributed by atoms with van der Waals surface area (Å²) in [7, 11) is 3.43. The highest BCUT2D eigenvalue weighted by atomic mass is 19.4. The molecular weight excluding hydrogens is 470 g/mol. The predicted octanol–water partition coefficient (Wildman–Crippen LogP) is 3.92. The summed E-state index contributed by atoms with van der Waals surface area (Å²) in [5.74, 6) is -0.669. The smallest absolute Gasteiger partial charge is 0.366 e. The van der Waals surface area contributed by atoms with Gasteiger partial charge in [-0.25, -0.2) is 14.4 Å². The summed E-state index contributed by atoms with van der Waals surface area (Å²) in [4.78, 5) is 10.0. The standard InChI is InChI=1S/C22H29F4N7O2/c1-10-13(4)35-31-16(10)15-11(2)17(30-29-15)18-27-12(3)14(23)19(28-18)33(9)20(5,6)21(34,32(7)8)22(24,25)26/h34H,1-9H3,(H,29,30). The zero-order valence-electron chi connectivity index (χ0n) is 21.1. The first-order valence-corrected chi connectivity index (χ1v) is 10.7.